The molecule has 1 saturated carbocycles. The van der Waals surface area contributed by atoms with Crippen molar-refractivity contribution in [2.45, 2.75) is 102 Å². The van der Waals surface area contributed by atoms with Crippen LogP contribution in [0.15, 0.2) is 0 Å². The maximum absolute atomic E-state index is 13.5. The van der Waals surface area contributed by atoms with Gasteiger partial charge in [-0.25, -0.2) is 5.32 Å². The summed E-state index contributed by atoms with van der Waals surface area (Å²) in [7, 11) is 3.50. The van der Waals surface area contributed by atoms with Crippen molar-refractivity contribution in [2.75, 3.05) is 33.9 Å². The molecule has 0 aromatic carbocycles. The number of hydrogen-bond donors (Lipinski definition) is 4. The van der Waals surface area contributed by atoms with Gasteiger partial charge >= 0.3 is 0 Å². The number of likely N-dealkylation sites (tertiary alicyclic amines) is 1. The third-order valence-electron chi connectivity index (χ3n) is 9.10. The van der Waals surface area contributed by atoms with E-state index in [-0.39, 0.29) is 54.4 Å². The second kappa shape index (κ2) is 12.3. The van der Waals surface area contributed by atoms with Gasteiger partial charge in [-0.2, -0.15) is 0 Å². The second-order valence-electron chi connectivity index (χ2n) is 11.1. The first-order valence-corrected chi connectivity index (χ1v) is 14.0. The second-order valence-corrected chi connectivity index (χ2v) is 11.1. The molecule has 9 heteroatoms. The standard InChI is InChI=1S/C26H47N5O4/c1-4-5-13-31-23(27)18(16-19-24(31)29-22-8-6-7-14-30(22)26(19)33)25(32)28-12-11-17-9-10-20(34-2)21(15-17)35-3/h17-24,29H,4-16,27H2,1-3H3,(H,28,32)/p+1. The lowest BCUT2D eigenvalue weighted by Gasteiger charge is -2.52. The monoisotopic (exact) mass is 494 g/mol. The fourth-order valence-corrected chi connectivity index (χ4v) is 7.00. The molecule has 0 spiro atoms. The van der Waals surface area contributed by atoms with E-state index in [1.165, 1.54) is 4.90 Å². The zero-order valence-corrected chi connectivity index (χ0v) is 22.0. The molecule has 0 bridgehead atoms. The van der Waals surface area contributed by atoms with E-state index in [1.807, 2.05) is 4.90 Å². The maximum Gasteiger partial charge on any atom is 0.234 e. The highest BCUT2D eigenvalue weighted by atomic mass is 16.5. The van der Waals surface area contributed by atoms with Crippen molar-refractivity contribution in [3.8, 4) is 0 Å². The normalized spacial score (nSPS) is 39.6. The summed E-state index contributed by atoms with van der Waals surface area (Å²) in [6.07, 6.45) is 9.96. The van der Waals surface area contributed by atoms with Crippen molar-refractivity contribution in [1.29, 1.82) is 0 Å². The van der Waals surface area contributed by atoms with E-state index in [4.69, 9.17) is 15.2 Å². The summed E-state index contributed by atoms with van der Waals surface area (Å²) in [6.45, 7) is 4.52. The van der Waals surface area contributed by atoms with Crippen LogP contribution < -0.4 is 21.3 Å². The number of amides is 2. The van der Waals surface area contributed by atoms with Crippen molar-refractivity contribution >= 4 is 11.8 Å². The van der Waals surface area contributed by atoms with Gasteiger partial charge in [0.2, 0.25) is 11.8 Å². The Labute approximate surface area is 210 Å². The average molecular weight is 495 g/mol. The van der Waals surface area contributed by atoms with Gasteiger partial charge in [0.05, 0.1) is 24.9 Å². The molecule has 4 aliphatic rings. The maximum atomic E-state index is 13.5. The highest BCUT2D eigenvalue weighted by Gasteiger charge is 2.54. The van der Waals surface area contributed by atoms with Crippen LogP contribution in [-0.2, 0) is 19.1 Å². The molecule has 5 N–H and O–H groups in total. The van der Waals surface area contributed by atoms with Crippen LogP contribution in [0.4, 0.5) is 0 Å². The van der Waals surface area contributed by atoms with E-state index in [0.29, 0.717) is 18.9 Å². The molecule has 3 aliphatic heterocycles. The number of nitrogens with two attached hydrogens (primary N) is 1. The lowest BCUT2D eigenvalue weighted by molar-refractivity contribution is -0.965. The largest absolute Gasteiger partial charge is 0.379 e. The lowest BCUT2D eigenvalue weighted by Crippen LogP contribution is -3.26. The SMILES string of the molecule is CCCC[NH+]1C(N)C(C(=O)NCCC2CCC(OC)C(OC)C2)CC2C(=O)N3CCCCC3NC21. The molecule has 0 aromatic heterocycles. The summed E-state index contributed by atoms with van der Waals surface area (Å²) < 4.78 is 11.2. The molecule has 1 aliphatic carbocycles. The molecule has 200 valence electrons. The first-order valence-electron chi connectivity index (χ1n) is 14.0. The van der Waals surface area contributed by atoms with Crippen LogP contribution in [0.25, 0.3) is 0 Å². The third kappa shape index (κ3) is 5.85. The molecule has 4 fully saturated rings. The Kier molecular flexibility index (Phi) is 9.43. The number of carbonyl (C=O) groups excluding carboxylic acids is 2. The Balaban J connectivity index is 1.37. The number of piperidine rings is 2. The Morgan fingerprint density at radius 1 is 1.17 bits per heavy atom. The minimum Gasteiger partial charge on any atom is -0.379 e. The zero-order chi connectivity index (χ0) is 24.9. The molecule has 2 amide bonds. The number of rotatable bonds is 9. The lowest BCUT2D eigenvalue weighted by atomic mass is 9.80. The number of methoxy groups -OCH3 is 2. The van der Waals surface area contributed by atoms with E-state index in [2.05, 4.69) is 17.6 Å². The molecular formula is C26H48N5O4+. The Morgan fingerprint density at radius 3 is 2.71 bits per heavy atom. The number of nitrogens with one attached hydrogen (secondary N) is 3. The number of hydrogen-bond acceptors (Lipinski definition) is 6. The highest BCUT2D eigenvalue weighted by molar-refractivity contribution is 5.83. The molecule has 0 radical (unpaired) electrons. The van der Waals surface area contributed by atoms with Crippen molar-refractivity contribution in [1.82, 2.24) is 15.5 Å². The quantitative estimate of drug-likeness (QED) is 0.365. The van der Waals surface area contributed by atoms with Gasteiger partial charge in [0.25, 0.3) is 0 Å². The summed E-state index contributed by atoms with van der Waals surface area (Å²) in [5.41, 5.74) is 6.77. The number of nitrogens with zero attached hydrogens (tertiary/aromatic N) is 1. The van der Waals surface area contributed by atoms with Crippen LogP contribution in [0.2, 0.25) is 0 Å². The fourth-order valence-electron chi connectivity index (χ4n) is 7.00. The van der Waals surface area contributed by atoms with Crippen LogP contribution in [0.5, 0.6) is 0 Å². The topological polar surface area (TPSA) is 110 Å². The van der Waals surface area contributed by atoms with Gasteiger partial charge in [0.15, 0.2) is 12.3 Å². The van der Waals surface area contributed by atoms with Crippen LogP contribution in [0.1, 0.15) is 71.1 Å². The van der Waals surface area contributed by atoms with Crippen molar-refractivity contribution in [3.05, 3.63) is 0 Å². The van der Waals surface area contributed by atoms with E-state index in [1.54, 1.807) is 14.2 Å². The zero-order valence-electron chi connectivity index (χ0n) is 22.0. The van der Waals surface area contributed by atoms with Gasteiger partial charge in [-0.1, -0.05) is 13.3 Å². The summed E-state index contributed by atoms with van der Waals surface area (Å²) in [6, 6.07) is 0. The van der Waals surface area contributed by atoms with E-state index in [0.717, 1.165) is 70.9 Å². The average Bonchev–Trinajstić information content (AvgIpc) is 2.88. The summed E-state index contributed by atoms with van der Waals surface area (Å²) in [4.78, 5) is 30.1. The van der Waals surface area contributed by atoms with Gasteiger partial charge in [0, 0.05) is 27.3 Å². The Bertz CT molecular complexity index is 724. The summed E-state index contributed by atoms with van der Waals surface area (Å²) in [5.74, 6) is 0.220. The highest BCUT2D eigenvalue weighted by Crippen LogP contribution is 2.31. The molecule has 3 heterocycles. The minimum atomic E-state index is -0.342. The van der Waals surface area contributed by atoms with Crippen LogP contribution in [-0.4, -0.2) is 81.3 Å². The summed E-state index contributed by atoms with van der Waals surface area (Å²) in [5, 5.41) is 6.96. The van der Waals surface area contributed by atoms with Gasteiger partial charge in [-0.15, -0.1) is 0 Å². The van der Waals surface area contributed by atoms with Crippen molar-refractivity contribution in [2.24, 2.45) is 23.5 Å². The van der Waals surface area contributed by atoms with Crippen LogP contribution in [0, 0.1) is 17.8 Å². The Morgan fingerprint density at radius 2 is 1.97 bits per heavy atom. The Hall–Kier alpha value is -1.26. The number of fused-ring (bicyclic) bond motifs is 2. The predicted molar refractivity (Wildman–Crippen MR) is 133 cm³/mol. The minimum absolute atomic E-state index is 0.00684. The smallest absolute Gasteiger partial charge is 0.234 e. The van der Waals surface area contributed by atoms with E-state index >= 15 is 0 Å². The summed E-state index contributed by atoms with van der Waals surface area (Å²) >= 11 is 0. The van der Waals surface area contributed by atoms with Crippen LogP contribution in [0.3, 0.4) is 0 Å². The van der Waals surface area contributed by atoms with Crippen molar-refractivity contribution in [3.63, 3.8) is 0 Å². The van der Waals surface area contributed by atoms with Gasteiger partial charge < -0.3 is 24.6 Å². The number of unbranched alkanes of at least 4 members (excludes halogenated alkanes) is 1. The molecule has 9 unspecified atom stereocenters. The molecule has 4 rings (SSSR count). The van der Waals surface area contributed by atoms with Gasteiger partial charge in [-0.05, 0) is 63.7 Å². The van der Waals surface area contributed by atoms with Crippen molar-refractivity contribution < 1.29 is 24.0 Å². The van der Waals surface area contributed by atoms with Gasteiger partial charge in [-0.3, -0.25) is 15.3 Å². The molecule has 3 saturated heterocycles. The van der Waals surface area contributed by atoms with E-state index in [9.17, 15) is 9.59 Å². The molecular weight excluding hydrogens is 446 g/mol. The van der Waals surface area contributed by atoms with Gasteiger partial charge in [0.1, 0.15) is 11.8 Å². The first kappa shape index (κ1) is 26.8. The number of carbonyl (C=O) groups is 2. The third-order valence-corrected chi connectivity index (χ3v) is 9.10. The first-order chi connectivity index (χ1) is 17.0. The molecule has 35 heavy (non-hydrogen) atoms. The predicted octanol–water partition coefficient (Wildman–Crippen LogP) is 0.197. The van der Waals surface area contributed by atoms with E-state index < -0.39 is 0 Å². The fraction of sp³-hybridized carbons (Fsp3) is 0.923. The molecule has 9 atom stereocenters. The molecule has 9 nitrogen and oxygen atoms in total. The number of ether oxygens (including phenoxy) is 2. The number of quaternary nitrogens is 1. The van der Waals surface area contributed by atoms with Crippen LogP contribution >= 0.6 is 0 Å². The molecule has 0 aromatic rings.